The van der Waals surface area contributed by atoms with Crippen molar-refractivity contribution in [2.24, 2.45) is 5.92 Å². The minimum absolute atomic E-state index is 0.00883. The molecule has 1 fully saturated rings. The van der Waals surface area contributed by atoms with Crippen LogP contribution in [0.1, 0.15) is 31.4 Å². The number of anilines is 1. The van der Waals surface area contributed by atoms with Gasteiger partial charge in [-0.05, 0) is 37.5 Å². The maximum Gasteiger partial charge on any atom is 0.225 e. The molecule has 1 aliphatic rings. The van der Waals surface area contributed by atoms with Crippen LogP contribution in [0.15, 0.2) is 60.8 Å². The van der Waals surface area contributed by atoms with Crippen LogP contribution in [0.2, 0.25) is 0 Å². The van der Waals surface area contributed by atoms with Crippen LogP contribution >= 0.6 is 0 Å². The highest BCUT2D eigenvalue weighted by Crippen LogP contribution is 2.24. The Kier molecular flexibility index (Phi) is 5.01. The van der Waals surface area contributed by atoms with E-state index in [1.165, 1.54) is 0 Å². The van der Waals surface area contributed by atoms with E-state index in [9.17, 15) is 4.79 Å². The van der Waals surface area contributed by atoms with E-state index < -0.39 is 0 Å². The lowest BCUT2D eigenvalue weighted by molar-refractivity contribution is -0.125. The third kappa shape index (κ3) is 3.92. The Morgan fingerprint density at radius 3 is 2.67 bits per heavy atom. The number of nitrogens with one attached hydrogen (secondary N) is 1. The van der Waals surface area contributed by atoms with Crippen LogP contribution in [0, 0.1) is 5.92 Å². The summed E-state index contributed by atoms with van der Waals surface area (Å²) in [6, 6.07) is 18.0. The van der Waals surface area contributed by atoms with E-state index in [0.29, 0.717) is 6.54 Å². The van der Waals surface area contributed by atoms with Crippen molar-refractivity contribution >= 4 is 22.8 Å². The lowest BCUT2D eigenvalue weighted by Gasteiger charge is -2.33. The average molecular weight is 360 g/mol. The van der Waals surface area contributed by atoms with Crippen molar-refractivity contribution in [2.75, 3.05) is 18.0 Å². The molecule has 0 radical (unpaired) electrons. The monoisotopic (exact) mass is 360 g/mol. The Hall–Kier alpha value is -2.95. The first-order valence-corrected chi connectivity index (χ1v) is 9.53. The highest BCUT2D eigenvalue weighted by atomic mass is 16.2. The summed E-state index contributed by atoms with van der Waals surface area (Å²) < 4.78 is 0. The Labute approximate surface area is 159 Å². The number of hydrogen-bond donors (Lipinski definition) is 1. The first-order chi connectivity index (χ1) is 13.2. The molecule has 0 aliphatic carbocycles. The van der Waals surface area contributed by atoms with Crippen molar-refractivity contribution < 1.29 is 4.79 Å². The molecule has 3 aromatic rings. The van der Waals surface area contributed by atoms with Crippen LogP contribution < -0.4 is 10.2 Å². The fourth-order valence-corrected chi connectivity index (χ4v) is 3.66. The van der Waals surface area contributed by atoms with Gasteiger partial charge in [-0.25, -0.2) is 4.98 Å². The van der Waals surface area contributed by atoms with E-state index in [4.69, 9.17) is 4.98 Å². The van der Waals surface area contributed by atoms with Crippen molar-refractivity contribution in [3.05, 3.63) is 66.4 Å². The maximum absolute atomic E-state index is 12.8. The van der Waals surface area contributed by atoms with Gasteiger partial charge >= 0.3 is 0 Å². The van der Waals surface area contributed by atoms with Crippen LogP contribution in [0.3, 0.4) is 0 Å². The molecular weight excluding hydrogens is 336 g/mol. The molecular formula is C22H24N4O. The summed E-state index contributed by atoms with van der Waals surface area (Å²) in [5, 5.41) is 3.17. The summed E-state index contributed by atoms with van der Waals surface area (Å²) in [6.07, 6.45) is 3.70. The predicted octanol–water partition coefficient (Wildman–Crippen LogP) is 3.72. The quantitative estimate of drug-likeness (QED) is 0.770. The molecule has 1 amide bonds. The van der Waals surface area contributed by atoms with Crippen molar-refractivity contribution in [1.29, 1.82) is 0 Å². The van der Waals surface area contributed by atoms with Gasteiger partial charge in [0.25, 0.3) is 0 Å². The van der Waals surface area contributed by atoms with E-state index in [1.807, 2.05) is 67.7 Å². The van der Waals surface area contributed by atoms with E-state index >= 15 is 0 Å². The summed E-state index contributed by atoms with van der Waals surface area (Å²) in [5.74, 6) is 0.935. The highest BCUT2D eigenvalue weighted by Gasteiger charge is 2.27. The Morgan fingerprint density at radius 1 is 1.11 bits per heavy atom. The zero-order valence-corrected chi connectivity index (χ0v) is 15.5. The third-order valence-corrected chi connectivity index (χ3v) is 5.21. The fraction of sp³-hybridized carbons (Fsp3) is 0.318. The number of aromatic nitrogens is 2. The number of carbonyl (C=O) groups excluding carboxylic acids is 1. The van der Waals surface area contributed by atoms with Crippen molar-refractivity contribution in [1.82, 2.24) is 15.3 Å². The first-order valence-electron chi connectivity index (χ1n) is 9.53. The van der Waals surface area contributed by atoms with Gasteiger partial charge < -0.3 is 10.2 Å². The Morgan fingerprint density at radius 2 is 1.85 bits per heavy atom. The fourth-order valence-electron chi connectivity index (χ4n) is 3.66. The van der Waals surface area contributed by atoms with Gasteiger partial charge in [-0.2, -0.15) is 0 Å². The molecule has 1 saturated heterocycles. The summed E-state index contributed by atoms with van der Waals surface area (Å²) in [7, 11) is 0. The van der Waals surface area contributed by atoms with Gasteiger partial charge in [0.2, 0.25) is 5.91 Å². The second kappa shape index (κ2) is 7.74. The minimum Gasteiger partial charge on any atom is -0.355 e. The molecule has 5 heteroatoms. The number of hydrogen-bond acceptors (Lipinski definition) is 4. The number of carbonyl (C=O) groups is 1. The van der Waals surface area contributed by atoms with Gasteiger partial charge in [0.15, 0.2) is 0 Å². The number of amides is 1. The van der Waals surface area contributed by atoms with E-state index in [0.717, 1.165) is 41.8 Å². The second-order valence-corrected chi connectivity index (χ2v) is 7.14. The molecule has 0 saturated carbocycles. The Balaban J connectivity index is 1.44. The normalized spacial score (nSPS) is 18.3. The lowest BCUT2D eigenvalue weighted by Crippen LogP contribution is -2.44. The number of fused-ring (bicyclic) bond motifs is 1. The number of piperidine rings is 1. The van der Waals surface area contributed by atoms with E-state index in [1.54, 1.807) is 0 Å². The predicted molar refractivity (Wildman–Crippen MR) is 107 cm³/mol. The molecule has 1 aliphatic heterocycles. The average Bonchev–Trinajstić information content (AvgIpc) is 2.74. The highest BCUT2D eigenvalue weighted by molar-refractivity contribution is 5.80. The second-order valence-electron chi connectivity index (χ2n) is 7.14. The molecule has 0 bridgehead atoms. The smallest absolute Gasteiger partial charge is 0.225 e. The van der Waals surface area contributed by atoms with Crippen molar-refractivity contribution in [2.45, 2.75) is 25.8 Å². The molecule has 5 nitrogen and oxygen atoms in total. The number of nitrogens with zero attached hydrogens (tertiary/aromatic N) is 3. The molecule has 2 atom stereocenters. The summed E-state index contributed by atoms with van der Waals surface area (Å²) in [6.45, 7) is 3.62. The first kappa shape index (κ1) is 17.5. The van der Waals surface area contributed by atoms with Crippen LogP contribution in [0.4, 0.5) is 5.82 Å². The zero-order chi connectivity index (χ0) is 18.6. The van der Waals surface area contributed by atoms with Crippen molar-refractivity contribution in [3.8, 4) is 0 Å². The number of rotatable bonds is 4. The molecule has 1 N–H and O–H groups in total. The molecule has 0 spiro atoms. The van der Waals surface area contributed by atoms with Gasteiger partial charge in [-0.3, -0.25) is 9.78 Å². The van der Waals surface area contributed by atoms with Gasteiger partial charge in [0.05, 0.1) is 29.2 Å². The zero-order valence-electron chi connectivity index (χ0n) is 15.5. The Bertz CT molecular complexity index is 928. The maximum atomic E-state index is 12.8. The molecule has 27 heavy (non-hydrogen) atoms. The summed E-state index contributed by atoms with van der Waals surface area (Å²) in [5.41, 5.74) is 2.91. The summed E-state index contributed by atoms with van der Waals surface area (Å²) >= 11 is 0. The summed E-state index contributed by atoms with van der Waals surface area (Å²) in [4.78, 5) is 24.2. The van der Waals surface area contributed by atoms with E-state index in [-0.39, 0.29) is 17.9 Å². The lowest BCUT2D eigenvalue weighted by atomic mass is 9.96. The van der Waals surface area contributed by atoms with Gasteiger partial charge in [0, 0.05) is 13.1 Å². The largest absolute Gasteiger partial charge is 0.355 e. The van der Waals surface area contributed by atoms with Crippen LogP contribution in [-0.4, -0.2) is 29.0 Å². The van der Waals surface area contributed by atoms with Gasteiger partial charge in [-0.1, -0.05) is 42.5 Å². The van der Waals surface area contributed by atoms with Gasteiger partial charge in [-0.15, -0.1) is 0 Å². The molecule has 2 aromatic carbocycles. The molecule has 2 heterocycles. The van der Waals surface area contributed by atoms with Crippen molar-refractivity contribution in [3.63, 3.8) is 0 Å². The standard InChI is InChI=1S/C22H24N4O/c1-16(17-8-3-2-4-9-17)24-22(27)18-10-7-13-26(15-18)21-14-23-19-11-5-6-12-20(19)25-21/h2-6,8-9,11-12,14,16,18H,7,10,13,15H2,1H3,(H,24,27). The van der Waals surface area contributed by atoms with Crippen LogP contribution in [0.5, 0.6) is 0 Å². The van der Waals surface area contributed by atoms with E-state index in [2.05, 4.69) is 15.2 Å². The minimum atomic E-state index is -0.0295. The third-order valence-electron chi connectivity index (χ3n) is 5.21. The molecule has 4 rings (SSSR count). The molecule has 138 valence electrons. The van der Waals surface area contributed by atoms with Gasteiger partial charge in [0.1, 0.15) is 5.82 Å². The topological polar surface area (TPSA) is 58.1 Å². The molecule has 2 unspecified atom stereocenters. The van der Waals surface area contributed by atoms with Crippen LogP contribution in [0.25, 0.3) is 11.0 Å². The molecule has 1 aromatic heterocycles. The SMILES string of the molecule is CC(NC(=O)C1CCCN(c2cnc3ccccc3n2)C1)c1ccccc1. The van der Waals surface area contributed by atoms with Crippen LogP contribution in [-0.2, 0) is 4.79 Å². The number of benzene rings is 2. The number of para-hydroxylation sites is 2.